The fraction of sp³-hybridized carbons (Fsp3) is 0.462. The zero-order chi connectivity index (χ0) is 14.6. The van der Waals surface area contributed by atoms with Gasteiger partial charge in [-0.3, -0.25) is 0 Å². The molecule has 6 heteroatoms. The Balaban J connectivity index is 3.01. The zero-order valence-electron chi connectivity index (χ0n) is 10.9. The predicted octanol–water partition coefficient (Wildman–Crippen LogP) is 4.61. The van der Waals surface area contributed by atoms with E-state index in [9.17, 15) is 4.79 Å². The molecule has 0 unspecified atom stereocenters. The maximum Gasteiger partial charge on any atom is 0.349 e. The van der Waals surface area contributed by atoms with Crippen molar-refractivity contribution in [2.24, 2.45) is 0 Å². The minimum absolute atomic E-state index is 0.298. The average molecular weight is 370 g/mol. The van der Waals surface area contributed by atoms with E-state index in [0.717, 1.165) is 5.56 Å². The normalized spacial score (nSPS) is 11.3. The number of hydrogen-bond donors (Lipinski definition) is 0. The number of carbonyl (C=O) groups is 1. The number of alkyl halides is 1. The fourth-order valence-corrected chi connectivity index (χ4v) is 2.49. The SMILES string of the molecule is CCOC(=O)C(C)(C)Oc1cc(CBr)c(Cl)cc1Cl. The van der Waals surface area contributed by atoms with Gasteiger partial charge in [0.25, 0.3) is 0 Å². The van der Waals surface area contributed by atoms with E-state index < -0.39 is 11.6 Å². The highest BCUT2D eigenvalue weighted by molar-refractivity contribution is 9.08. The van der Waals surface area contributed by atoms with Crippen molar-refractivity contribution in [2.75, 3.05) is 6.61 Å². The van der Waals surface area contributed by atoms with Crippen LogP contribution in [0.15, 0.2) is 12.1 Å². The molecule has 0 saturated carbocycles. The Morgan fingerprint density at radius 1 is 1.32 bits per heavy atom. The van der Waals surface area contributed by atoms with E-state index in [4.69, 9.17) is 32.7 Å². The van der Waals surface area contributed by atoms with Gasteiger partial charge in [0.1, 0.15) is 5.75 Å². The molecule has 106 valence electrons. The second-order valence-corrected chi connectivity index (χ2v) is 5.72. The predicted molar refractivity (Wildman–Crippen MR) is 80.4 cm³/mol. The molecule has 0 amide bonds. The Kier molecular flexibility index (Phi) is 5.96. The Hall–Kier alpha value is -0.450. The van der Waals surface area contributed by atoms with E-state index in [1.54, 1.807) is 32.9 Å². The number of ether oxygens (including phenoxy) is 2. The molecule has 0 radical (unpaired) electrons. The molecule has 0 heterocycles. The molecule has 0 N–H and O–H groups in total. The highest BCUT2D eigenvalue weighted by Crippen LogP contribution is 2.34. The molecular weight excluding hydrogens is 355 g/mol. The quantitative estimate of drug-likeness (QED) is 0.561. The van der Waals surface area contributed by atoms with Crippen LogP contribution in [0.25, 0.3) is 0 Å². The zero-order valence-corrected chi connectivity index (χ0v) is 14.0. The van der Waals surface area contributed by atoms with Gasteiger partial charge in [0.05, 0.1) is 11.6 Å². The van der Waals surface area contributed by atoms with Crippen molar-refractivity contribution in [1.29, 1.82) is 0 Å². The minimum Gasteiger partial charge on any atom is -0.475 e. The molecular formula is C13H15BrCl2O3. The van der Waals surface area contributed by atoms with Crippen LogP contribution in [0.4, 0.5) is 0 Å². The smallest absolute Gasteiger partial charge is 0.349 e. The summed E-state index contributed by atoms with van der Waals surface area (Å²) in [5, 5.41) is 1.47. The van der Waals surface area contributed by atoms with Gasteiger partial charge in [-0.1, -0.05) is 39.1 Å². The van der Waals surface area contributed by atoms with E-state index in [0.29, 0.717) is 27.7 Å². The van der Waals surface area contributed by atoms with Crippen molar-refractivity contribution in [2.45, 2.75) is 31.7 Å². The topological polar surface area (TPSA) is 35.5 Å². The van der Waals surface area contributed by atoms with Gasteiger partial charge in [-0.2, -0.15) is 0 Å². The first-order chi connectivity index (χ1) is 8.81. The third kappa shape index (κ3) is 4.26. The van der Waals surface area contributed by atoms with Crippen LogP contribution in [0, 0.1) is 0 Å². The Morgan fingerprint density at radius 2 is 1.95 bits per heavy atom. The van der Waals surface area contributed by atoms with E-state index in [2.05, 4.69) is 15.9 Å². The summed E-state index contributed by atoms with van der Waals surface area (Å²) >= 11 is 15.4. The first-order valence-corrected chi connectivity index (χ1v) is 7.59. The standard InChI is InChI=1S/C13H15BrCl2O3/c1-4-18-12(17)13(2,3)19-11-5-8(7-14)9(15)6-10(11)16/h5-6H,4,7H2,1-3H3. The third-order valence-corrected chi connectivity index (χ3v) is 3.63. The van der Waals surface area contributed by atoms with Gasteiger partial charge in [-0.25, -0.2) is 4.79 Å². The summed E-state index contributed by atoms with van der Waals surface area (Å²) in [4.78, 5) is 11.8. The average Bonchev–Trinajstić information content (AvgIpc) is 2.32. The summed E-state index contributed by atoms with van der Waals surface area (Å²) in [6, 6.07) is 3.30. The summed E-state index contributed by atoms with van der Waals surface area (Å²) in [5.41, 5.74) is -0.280. The van der Waals surface area contributed by atoms with Crippen molar-refractivity contribution < 1.29 is 14.3 Å². The van der Waals surface area contributed by atoms with E-state index in [1.807, 2.05) is 0 Å². The first-order valence-electron chi connectivity index (χ1n) is 5.72. The van der Waals surface area contributed by atoms with Gasteiger partial charge >= 0.3 is 5.97 Å². The number of esters is 1. The molecule has 0 aromatic heterocycles. The third-order valence-electron chi connectivity index (χ3n) is 2.38. The number of rotatable bonds is 5. The molecule has 1 rings (SSSR count). The Bertz CT molecular complexity index is 475. The molecule has 19 heavy (non-hydrogen) atoms. The number of carbonyl (C=O) groups excluding carboxylic acids is 1. The molecule has 0 spiro atoms. The van der Waals surface area contributed by atoms with Crippen molar-refractivity contribution >= 4 is 45.1 Å². The molecule has 0 aliphatic carbocycles. The lowest BCUT2D eigenvalue weighted by Crippen LogP contribution is -2.39. The van der Waals surface area contributed by atoms with Gasteiger partial charge < -0.3 is 9.47 Å². The number of hydrogen-bond acceptors (Lipinski definition) is 3. The van der Waals surface area contributed by atoms with Gasteiger partial charge in [0.15, 0.2) is 5.60 Å². The van der Waals surface area contributed by atoms with Crippen molar-refractivity contribution in [1.82, 2.24) is 0 Å². The van der Waals surface area contributed by atoms with Crippen molar-refractivity contribution in [3.8, 4) is 5.75 Å². The molecule has 0 aliphatic rings. The molecule has 0 fully saturated rings. The maximum atomic E-state index is 11.8. The summed E-state index contributed by atoms with van der Waals surface area (Å²) in [5.74, 6) is -0.0417. The van der Waals surface area contributed by atoms with Crippen LogP contribution >= 0.6 is 39.1 Å². The largest absolute Gasteiger partial charge is 0.475 e. The second-order valence-electron chi connectivity index (χ2n) is 4.34. The van der Waals surface area contributed by atoms with Gasteiger partial charge in [0.2, 0.25) is 0 Å². The van der Waals surface area contributed by atoms with Crippen LogP contribution < -0.4 is 4.74 Å². The number of benzene rings is 1. The monoisotopic (exact) mass is 368 g/mol. The molecule has 3 nitrogen and oxygen atoms in total. The van der Waals surface area contributed by atoms with Gasteiger partial charge in [0, 0.05) is 10.4 Å². The maximum absolute atomic E-state index is 11.8. The molecule has 0 atom stereocenters. The summed E-state index contributed by atoms with van der Waals surface area (Å²) in [6.45, 7) is 5.30. The fourth-order valence-electron chi connectivity index (χ4n) is 1.37. The molecule has 0 saturated heterocycles. The van der Waals surface area contributed by atoms with Crippen molar-refractivity contribution in [3.05, 3.63) is 27.7 Å². The second kappa shape index (κ2) is 6.82. The van der Waals surface area contributed by atoms with E-state index >= 15 is 0 Å². The molecule has 1 aromatic carbocycles. The lowest BCUT2D eigenvalue weighted by atomic mass is 10.1. The van der Waals surface area contributed by atoms with E-state index in [-0.39, 0.29) is 0 Å². The highest BCUT2D eigenvalue weighted by Gasteiger charge is 2.32. The summed E-state index contributed by atoms with van der Waals surface area (Å²) < 4.78 is 10.6. The number of halogens is 3. The highest BCUT2D eigenvalue weighted by atomic mass is 79.9. The van der Waals surface area contributed by atoms with Crippen molar-refractivity contribution in [3.63, 3.8) is 0 Å². The lowest BCUT2D eigenvalue weighted by Gasteiger charge is -2.25. The lowest BCUT2D eigenvalue weighted by molar-refractivity contribution is -0.158. The van der Waals surface area contributed by atoms with Gasteiger partial charge in [-0.05, 0) is 38.5 Å². The van der Waals surface area contributed by atoms with Crippen LogP contribution in [-0.2, 0) is 14.9 Å². The first kappa shape index (κ1) is 16.6. The van der Waals surface area contributed by atoms with Crippen LogP contribution in [0.2, 0.25) is 10.0 Å². The van der Waals surface area contributed by atoms with Crippen LogP contribution in [0.1, 0.15) is 26.3 Å². The van der Waals surface area contributed by atoms with Crippen LogP contribution in [0.3, 0.4) is 0 Å². The van der Waals surface area contributed by atoms with Crippen LogP contribution in [-0.4, -0.2) is 18.2 Å². The Labute approximate surface area is 131 Å². The van der Waals surface area contributed by atoms with Gasteiger partial charge in [-0.15, -0.1) is 0 Å². The van der Waals surface area contributed by atoms with Crippen LogP contribution in [0.5, 0.6) is 5.75 Å². The molecule has 1 aromatic rings. The van der Waals surface area contributed by atoms with E-state index in [1.165, 1.54) is 0 Å². The Morgan fingerprint density at radius 3 is 2.47 bits per heavy atom. The summed E-state index contributed by atoms with van der Waals surface area (Å²) in [6.07, 6.45) is 0. The summed E-state index contributed by atoms with van der Waals surface area (Å²) in [7, 11) is 0. The molecule has 0 bridgehead atoms. The minimum atomic E-state index is -1.11. The molecule has 0 aliphatic heterocycles.